The average Bonchev–Trinajstić information content (AvgIpc) is 3.20. The Labute approximate surface area is 178 Å². The van der Waals surface area contributed by atoms with E-state index in [0.717, 1.165) is 31.0 Å². The van der Waals surface area contributed by atoms with E-state index in [-0.39, 0.29) is 0 Å². The van der Waals surface area contributed by atoms with E-state index in [2.05, 4.69) is 59.0 Å². The molecule has 2 aliphatic heterocycles. The lowest BCUT2D eigenvalue weighted by atomic mass is 9.94. The van der Waals surface area contributed by atoms with E-state index in [9.17, 15) is 9.59 Å². The number of amides is 1. The van der Waals surface area contributed by atoms with Crippen LogP contribution < -0.4 is 0 Å². The van der Waals surface area contributed by atoms with E-state index < -0.39 is 11.9 Å². The molecule has 1 atom stereocenters. The molecule has 4 rings (SSSR count). The number of fused-ring (bicyclic) bond motifs is 1. The van der Waals surface area contributed by atoms with Crippen molar-refractivity contribution in [2.24, 2.45) is 0 Å². The minimum atomic E-state index is -0.797. The summed E-state index contributed by atoms with van der Waals surface area (Å²) in [6.45, 7) is 5.70. The number of hydrogen-bond donors (Lipinski definition) is 0. The lowest BCUT2D eigenvalue weighted by Crippen LogP contribution is -2.40. The van der Waals surface area contributed by atoms with Crippen LogP contribution in [0.1, 0.15) is 36.5 Å². The average molecular weight is 407 g/mol. The van der Waals surface area contributed by atoms with Crippen LogP contribution in [-0.2, 0) is 33.7 Å². The Hall–Kier alpha value is -2.66. The van der Waals surface area contributed by atoms with Gasteiger partial charge < -0.3 is 14.5 Å². The molecule has 2 aromatic carbocycles. The molecule has 2 heterocycles. The molecule has 1 saturated heterocycles. The van der Waals surface area contributed by atoms with Crippen LogP contribution in [0.25, 0.3) is 11.1 Å². The van der Waals surface area contributed by atoms with Gasteiger partial charge in [0.1, 0.15) is 0 Å². The van der Waals surface area contributed by atoms with Gasteiger partial charge in [-0.3, -0.25) is 4.79 Å². The summed E-state index contributed by atoms with van der Waals surface area (Å²) in [6, 6.07) is 16.0. The molecule has 1 amide bonds. The summed E-state index contributed by atoms with van der Waals surface area (Å²) in [5.74, 6) is -1.36. The number of rotatable bonds is 4. The highest BCUT2D eigenvalue weighted by Gasteiger charge is 2.26. The van der Waals surface area contributed by atoms with Crippen molar-refractivity contribution in [1.82, 2.24) is 9.80 Å². The summed E-state index contributed by atoms with van der Waals surface area (Å²) in [4.78, 5) is 27.7. The molecule has 2 aliphatic rings. The number of nitrogens with zero attached hydrogens (tertiary/aromatic N) is 2. The van der Waals surface area contributed by atoms with Crippen molar-refractivity contribution in [3.05, 3.63) is 59.2 Å². The van der Waals surface area contributed by atoms with E-state index >= 15 is 0 Å². The highest BCUT2D eigenvalue weighted by molar-refractivity contribution is 6.32. The maximum Gasteiger partial charge on any atom is 0.396 e. The molecule has 0 aliphatic carbocycles. The number of ether oxygens (including phenoxy) is 1. The normalized spacial score (nSPS) is 18.9. The number of benzene rings is 2. The number of esters is 1. The molecular formula is C25H30N2O3. The van der Waals surface area contributed by atoms with E-state index in [1.54, 1.807) is 4.90 Å². The van der Waals surface area contributed by atoms with Crippen molar-refractivity contribution in [2.75, 3.05) is 26.7 Å². The van der Waals surface area contributed by atoms with Gasteiger partial charge in [0.05, 0.1) is 7.11 Å². The molecule has 2 aromatic rings. The van der Waals surface area contributed by atoms with Crippen LogP contribution in [0, 0.1) is 0 Å². The van der Waals surface area contributed by atoms with E-state index in [4.69, 9.17) is 0 Å². The zero-order valence-corrected chi connectivity index (χ0v) is 17.9. The standard InChI is InChI=1S/C25H30N2O3/c1-18-4-3-13-26(18)14-11-19-5-7-20(8-6-19)21-9-10-23-17-27(15-12-22(23)16-21)24(28)25(29)30-2/h5-10,16,18H,3-4,11-15,17H2,1-2H3. The Morgan fingerprint density at radius 2 is 1.80 bits per heavy atom. The van der Waals surface area contributed by atoms with E-state index in [1.165, 1.54) is 48.8 Å². The van der Waals surface area contributed by atoms with Gasteiger partial charge in [-0.25, -0.2) is 4.79 Å². The first-order valence-electron chi connectivity index (χ1n) is 10.9. The van der Waals surface area contributed by atoms with Gasteiger partial charge in [0.2, 0.25) is 0 Å². The second-order valence-corrected chi connectivity index (χ2v) is 8.43. The Kier molecular flexibility index (Phi) is 6.18. The third-order valence-corrected chi connectivity index (χ3v) is 6.53. The fourth-order valence-electron chi connectivity index (χ4n) is 4.58. The molecule has 1 fully saturated rings. The van der Waals surface area contributed by atoms with E-state index in [1.807, 2.05) is 0 Å². The maximum absolute atomic E-state index is 12.1. The van der Waals surface area contributed by atoms with Crippen molar-refractivity contribution in [3.63, 3.8) is 0 Å². The Morgan fingerprint density at radius 3 is 2.50 bits per heavy atom. The Morgan fingerprint density at radius 1 is 1.03 bits per heavy atom. The molecule has 0 radical (unpaired) electrons. The van der Waals surface area contributed by atoms with Crippen molar-refractivity contribution in [1.29, 1.82) is 0 Å². The van der Waals surface area contributed by atoms with Crippen LogP contribution >= 0.6 is 0 Å². The number of likely N-dealkylation sites (tertiary alicyclic amines) is 1. The molecule has 0 N–H and O–H groups in total. The minimum Gasteiger partial charge on any atom is -0.462 e. The zero-order chi connectivity index (χ0) is 21.1. The van der Waals surface area contributed by atoms with Gasteiger partial charge in [0.15, 0.2) is 0 Å². The monoisotopic (exact) mass is 406 g/mol. The largest absolute Gasteiger partial charge is 0.462 e. The summed E-state index contributed by atoms with van der Waals surface area (Å²) < 4.78 is 4.56. The van der Waals surface area contributed by atoms with Gasteiger partial charge in [-0.05, 0) is 67.0 Å². The molecule has 5 heteroatoms. The molecule has 5 nitrogen and oxygen atoms in total. The number of methoxy groups -OCH3 is 1. The topological polar surface area (TPSA) is 49.9 Å². The third-order valence-electron chi connectivity index (χ3n) is 6.53. The van der Waals surface area contributed by atoms with Crippen molar-refractivity contribution in [2.45, 2.75) is 45.2 Å². The van der Waals surface area contributed by atoms with Crippen LogP contribution in [0.3, 0.4) is 0 Å². The Bertz CT molecular complexity index is 922. The molecule has 158 valence electrons. The predicted octanol–water partition coefficient (Wildman–Crippen LogP) is 3.44. The van der Waals surface area contributed by atoms with Gasteiger partial charge in [-0.15, -0.1) is 0 Å². The highest BCUT2D eigenvalue weighted by Crippen LogP contribution is 2.27. The van der Waals surface area contributed by atoms with Crippen LogP contribution in [0.5, 0.6) is 0 Å². The van der Waals surface area contributed by atoms with Gasteiger partial charge in [-0.2, -0.15) is 0 Å². The fourth-order valence-corrected chi connectivity index (χ4v) is 4.58. The second-order valence-electron chi connectivity index (χ2n) is 8.43. The molecule has 0 spiro atoms. The van der Waals surface area contributed by atoms with Gasteiger partial charge in [0, 0.05) is 25.7 Å². The second kappa shape index (κ2) is 9.00. The van der Waals surface area contributed by atoms with E-state index in [0.29, 0.717) is 13.1 Å². The van der Waals surface area contributed by atoms with Crippen molar-refractivity contribution >= 4 is 11.9 Å². The number of hydrogen-bond acceptors (Lipinski definition) is 4. The zero-order valence-electron chi connectivity index (χ0n) is 17.9. The van der Waals surface area contributed by atoms with Crippen LogP contribution in [0.2, 0.25) is 0 Å². The summed E-state index contributed by atoms with van der Waals surface area (Å²) >= 11 is 0. The summed E-state index contributed by atoms with van der Waals surface area (Å²) in [6.07, 6.45) is 4.50. The quantitative estimate of drug-likeness (QED) is 0.577. The molecule has 0 aromatic heterocycles. The third kappa shape index (κ3) is 4.41. The lowest BCUT2D eigenvalue weighted by Gasteiger charge is -2.28. The maximum atomic E-state index is 12.1. The minimum absolute atomic E-state index is 0.456. The van der Waals surface area contributed by atoms with Crippen LogP contribution in [0.15, 0.2) is 42.5 Å². The predicted molar refractivity (Wildman–Crippen MR) is 117 cm³/mol. The first-order chi connectivity index (χ1) is 14.5. The summed E-state index contributed by atoms with van der Waals surface area (Å²) in [7, 11) is 1.24. The first-order valence-corrected chi connectivity index (χ1v) is 10.9. The van der Waals surface area contributed by atoms with Crippen LogP contribution in [0.4, 0.5) is 0 Å². The van der Waals surface area contributed by atoms with Crippen molar-refractivity contribution in [3.8, 4) is 11.1 Å². The number of carbonyl (C=O) groups is 2. The highest BCUT2D eigenvalue weighted by atomic mass is 16.5. The smallest absolute Gasteiger partial charge is 0.396 e. The van der Waals surface area contributed by atoms with Crippen molar-refractivity contribution < 1.29 is 14.3 Å². The fraction of sp³-hybridized carbons (Fsp3) is 0.440. The lowest BCUT2D eigenvalue weighted by molar-refractivity contribution is -0.158. The SMILES string of the molecule is COC(=O)C(=O)N1CCc2cc(-c3ccc(CCN4CCCC4C)cc3)ccc2C1. The molecule has 0 bridgehead atoms. The molecule has 0 saturated carbocycles. The van der Waals surface area contributed by atoms with Gasteiger partial charge in [0.25, 0.3) is 0 Å². The van der Waals surface area contributed by atoms with Gasteiger partial charge >= 0.3 is 11.9 Å². The first kappa shape index (κ1) is 20.6. The van der Waals surface area contributed by atoms with Crippen LogP contribution in [-0.4, -0.2) is 54.5 Å². The Balaban J connectivity index is 1.40. The van der Waals surface area contributed by atoms with Gasteiger partial charge in [-0.1, -0.05) is 42.5 Å². The summed E-state index contributed by atoms with van der Waals surface area (Å²) in [5.41, 5.74) is 6.13. The number of carbonyl (C=O) groups excluding carboxylic acids is 2. The molecule has 30 heavy (non-hydrogen) atoms. The molecular weight excluding hydrogens is 376 g/mol. The summed E-state index contributed by atoms with van der Waals surface area (Å²) in [5, 5.41) is 0. The molecule has 1 unspecified atom stereocenters.